The van der Waals surface area contributed by atoms with E-state index in [0.717, 1.165) is 12.0 Å². The molecule has 7 heteroatoms. The molecule has 188 valence electrons. The Morgan fingerprint density at radius 2 is 1.74 bits per heavy atom. The first-order valence-electron chi connectivity index (χ1n) is 12.4. The predicted molar refractivity (Wildman–Crippen MR) is 138 cm³/mol. The quantitative estimate of drug-likeness (QED) is 0.542. The smallest absolute Gasteiger partial charge is 0.315 e. The maximum Gasteiger partial charge on any atom is 0.315 e. The second kappa shape index (κ2) is 9.82. The van der Waals surface area contributed by atoms with E-state index in [1.165, 1.54) is 5.56 Å². The number of piperidine rings is 1. The van der Waals surface area contributed by atoms with Gasteiger partial charge in [0.25, 0.3) is 0 Å². The van der Waals surface area contributed by atoms with Gasteiger partial charge in [0.15, 0.2) is 0 Å². The zero-order chi connectivity index (χ0) is 25.4. The Morgan fingerprint density at radius 1 is 1.09 bits per heavy atom. The Morgan fingerprint density at radius 3 is 2.34 bits per heavy atom. The van der Waals surface area contributed by atoms with Crippen LogP contribution in [0.2, 0.25) is 5.02 Å². The van der Waals surface area contributed by atoms with Crippen LogP contribution in [0.5, 0.6) is 0 Å². The second-order valence-corrected chi connectivity index (χ2v) is 11.4. The van der Waals surface area contributed by atoms with Gasteiger partial charge in [0.1, 0.15) is 6.04 Å². The first-order chi connectivity index (χ1) is 16.5. The van der Waals surface area contributed by atoms with Gasteiger partial charge >= 0.3 is 6.03 Å². The first-order valence-corrected chi connectivity index (χ1v) is 12.8. The summed E-state index contributed by atoms with van der Waals surface area (Å²) < 4.78 is 0. The summed E-state index contributed by atoms with van der Waals surface area (Å²) in [6, 6.07) is 16.6. The average Bonchev–Trinajstić information content (AvgIpc) is 3.58. The van der Waals surface area contributed by atoms with E-state index in [-0.39, 0.29) is 23.9 Å². The van der Waals surface area contributed by atoms with Gasteiger partial charge in [-0.2, -0.15) is 0 Å². The maximum atomic E-state index is 13.5. The summed E-state index contributed by atoms with van der Waals surface area (Å²) in [4.78, 5) is 28.1. The number of urea groups is 1. The number of hydrogen-bond acceptors (Lipinski definition) is 3. The van der Waals surface area contributed by atoms with Gasteiger partial charge in [-0.05, 0) is 42.0 Å². The number of benzene rings is 2. The van der Waals surface area contributed by atoms with Gasteiger partial charge in [-0.15, -0.1) is 0 Å². The number of carbonyl (C=O) groups excluding carboxylic acids is 2. The lowest BCUT2D eigenvalue weighted by molar-refractivity contribution is -0.155. The monoisotopic (exact) mass is 497 g/mol. The summed E-state index contributed by atoms with van der Waals surface area (Å²) in [5.74, 6) is 0.137. The van der Waals surface area contributed by atoms with Gasteiger partial charge in [-0.3, -0.25) is 4.79 Å². The van der Waals surface area contributed by atoms with E-state index in [4.69, 9.17) is 11.6 Å². The Bertz CT molecular complexity index is 1060. The topological polar surface area (TPSA) is 81.7 Å². The SMILES string of the molecule is CC(C)[C@@H](NC(=O)N[C@@H]1C[C@H]1c1ccccc1)C(=O)N1CC[C@](O)(c2ccc(Cl)cc2)C(C)(C)C1. The zero-order valence-corrected chi connectivity index (χ0v) is 21.7. The lowest BCUT2D eigenvalue weighted by Gasteiger charge is -2.51. The van der Waals surface area contributed by atoms with E-state index in [1.54, 1.807) is 17.0 Å². The Kier molecular flexibility index (Phi) is 7.16. The number of amides is 3. The molecule has 2 aromatic carbocycles. The normalized spacial score (nSPS) is 26.2. The molecule has 4 atom stereocenters. The molecule has 4 rings (SSSR count). The minimum Gasteiger partial charge on any atom is -0.384 e. The summed E-state index contributed by atoms with van der Waals surface area (Å²) in [5.41, 5.74) is 0.354. The fraction of sp³-hybridized carbons (Fsp3) is 0.500. The average molecular weight is 498 g/mol. The molecule has 6 nitrogen and oxygen atoms in total. The molecule has 0 unspecified atom stereocenters. The lowest BCUT2D eigenvalue weighted by Crippen LogP contribution is -2.61. The molecular weight excluding hydrogens is 462 g/mol. The van der Waals surface area contributed by atoms with E-state index >= 15 is 0 Å². The highest BCUT2D eigenvalue weighted by atomic mass is 35.5. The molecular formula is C28H36ClN3O3. The Balaban J connectivity index is 1.39. The van der Waals surface area contributed by atoms with Crippen molar-refractivity contribution in [2.24, 2.45) is 11.3 Å². The van der Waals surface area contributed by atoms with Gasteiger partial charge in [0, 0.05) is 35.5 Å². The molecule has 0 radical (unpaired) electrons. The van der Waals surface area contributed by atoms with Crippen molar-refractivity contribution in [3.63, 3.8) is 0 Å². The van der Waals surface area contributed by atoms with E-state index in [1.807, 2.05) is 58.0 Å². The van der Waals surface area contributed by atoms with Crippen LogP contribution in [-0.4, -0.2) is 47.1 Å². The molecule has 2 aliphatic rings. The zero-order valence-electron chi connectivity index (χ0n) is 20.9. The molecule has 3 N–H and O–H groups in total. The molecule has 1 heterocycles. The van der Waals surface area contributed by atoms with Gasteiger partial charge in [0.2, 0.25) is 5.91 Å². The molecule has 2 aromatic rings. The van der Waals surface area contributed by atoms with Crippen LogP contribution in [0.3, 0.4) is 0 Å². The minimum atomic E-state index is -1.08. The van der Waals surface area contributed by atoms with Crippen molar-refractivity contribution in [2.75, 3.05) is 13.1 Å². The summed E-state index contributed by atoms with van der Waals surface area (Å²) in [5, 5.41) is 18.2. The van der Waals surface area contributed by atoms with Crippen molar-refractivity contribution in [3.8, 4) is 0 Å². The molecule has 0 bridgehead atoms. The number of nitrogens with one attached hydrogen (secondary N) is 2. The maximum absolute atomic E-state index is 13.5. The summed E-state index contributed by atoms with van der Waals surface area (Å²) >= 11 is 6.04. The molecule has 1 saturated carbocycles. The van der Waals surface area contributed by atoms with Crippen LogP contribution in [0, 0.1) is 11.3 Å². The van der Waals surface area contributed by atoms with Crippen molar-refractivity contribution < 1.29 is 14.7 Å². The van der Waals surface area contributed by atoms with Gasteiger partial charge in [-0.25, -0.2) is 4.79 Å². The van der Waals surface area contributed by atoms with E-state index in [9.17, 15) is 14.7 Å². The molecule has 0 spiro atoms. The largest absolute Gasteiger partial charge is 0.384 e. The third kappa shape index (κ3) is 5.34. The molecule has 1 aliphatic carbocycles. The van der Waals surface area contributed by atoms with Crippen LogP contribution >= 0.6 is 11.6 Å². The van der Waals surface area contributed by atoms with Gasteiger partial charge in [0.05, 0.1) is 5.60 Å². The number of nitrogens with zero attached hydrogens (tertiary/aromatic N) is 1. The molecule has 1 saturated heterocycles. The van der Waals surface area contributed by atoms with Crippen LogP contribution in [0.1, 0.15) is 57.6 Å². The number of aliphatic hydroxyl groups is 1. The number of likely N-dealkylation sites (tertiary alicyclic amines) is 1. The standard InChI is InChI=1S/C28H36ClN3O3/c1-18(2)24(31-26(34)30-23-16-22(23)19-8-6-5-7-9-19)25(33)32-15-14-28(35,27(3,4)17-32)20-10-12-21(29)13-11-20/h5-13,18,22-24,35H,14-17H2,1-4H3,(H2,30,31,34)/t22-,23+,24+,28-/m0/s1. The summed E-state index contributed by atoms with van der Waals surface area (Å²) in [6.07, 6.45) is 1.31. The highest BCUT2D eigenvalue weighted by molar-refractivity contribution is 6.30. The van der Waals surface area contributed by atoms with Crippen LogP contribution in [0.15, 0.2) is 54.6 Å². The Labute approximate surface area is 213 Å². The summed E-state index contributed by atoms with van der Waals surface area (Å²) in [7, 11) is 0. The highest BCUT2D eigenvalue weighted by Crippen LogP contribution is 2.46. The summed E-state index contributed by atoms with van der Waals surface area (Å²) in [6.45, 7) is 8.62. The van der Waals surface area contributed by atoms with E-state index < -0.39 is 17.1 Å². The van der Waals surface area contributed by atoms with Crippen LogP contribution in [0.4, 0.5) is 4.79 Å². The predicted octanol–water partition coefficient (Wildman–Crippen LogP) is 4.67. The van der Waals surface area contributed by atoms with E-state index in [0.29, 0.717) is 30.5 Å². The minimum absolute atomic E-state index is 0.0717. The molecule has 0 aromatic heterocycles. The number of rotatable bonds is 6. The van der Waals surface area contributed by atoms with Gasteiger partial charge < -0.3 is 20.6 Å². The molecule has 2 fully saturated rings. The van der Waals surface area contributed by atoms with Gasteiger partial charge in [-0.1, -0.05) is 81.8 Å². The van der Waals surface area contributed by atoms with Crippen molar-refractivity contribution in [3.05, 3.63) is 70.7 Å². The second-order valence-electron chi connectivity index (χ2n) is 11.0. The number of halogens is 1. The third-order valence-electron chi connectivity index (χ3n) is 7.64. The molecule has 1 aliphatic heterocycles. The van der Waals surface area contributed by atoms with Crippen molar-refractivity contribution in [1.29, 1.82) is 0 Å². The Hall–Kier alpha value is -2.57. The highest BCUT2D eigenvalue weighted by Gasteiger charge is 2.50. The van der Waals surface area contributed by atoms with Crippen molar-refractivity contribution >= 4 is 23.5 Å². The number of carbonyl (C=O) groups is 2. The van der Waals surface area contributed by atoms with Crippen LogP contribution in [-0.2, 0) is 10.4 Å². The molecule has 35 heavy (non-hydrogen) atoms. The van der Waals surface area contributed by atoms with Crippen molar-refractivity contribution in [1.82, 2.24) is 15.5 Å². The lowest BCUT2D eigenvalue weighted by atomic mass is 9.66. The van der Waals surface area contributed by atoms with Crippen molar-refractivity contribution in [2.45, 2.75) is 64.1 Å². The van der Waals surface area contributed by atoms with Crippen LogP contribution in [0.25, 0.3) is 0 Å². The third-order valence-corrected chi connectivity index (χ3v) is 7.89. The van der Waals surface area contributed by atoms with E-state index in [2.05, 4.69) is 22.8 Å². The molecule has 3 amide bonds. The fourth-order valence-electron chi connectivity index (χ4n) is 5.26. The first kappa shape index (κ1) is 25.5. The number of hydrogen-bond donors (Lipinski definition) is 3. The fourth-order valence-corrected chi connectivity index (χ4v) is 5.38. The van der Waals surface area contributed by atoms with Crippen LogP contribution < -0.4 is 10.6 Å².